The summed E-state index contributed by atoms with van der Waals surface area (Å²) in [6.45, 7) is 6.01. The van der Waals surface area contributed by atoms with Gasteiger partial charge in [-0.3, -0.25) is 9.10 Å². The van der Waals surface area contributed by atoms with Gasteiger partial charge in [0, 0.05) is 16.7 Å². The molecule has 1 aliphatic heterocycles. The lowest BCUT2D eigenvalue weighted by Gasteiger charge is -2.20. The molecule has 0 radical (unpaired) electrons. The van der Waals surface area contributed by atoms with Crippen molar-refractivity contribution >= 4 is 43.2 Å². The molecule has 0 aliphatic carbocycles. The Kier molecular flexibility index (Phi) is 7.00. The van der Waals surface area contributed by atoms with Crippen LogP contribution in [0.2, 0.25) is 0 Å². The van der Waals surface area contributed by atoms with Crippen LogP contribution in [-0.2, 0) is 27.7 Å². The second kappa shape index (κ2) is 9.80. The van der Waals surface area contributed by atoms with E-state index in [1.807, 2.05) is 50.2 Å². The molecule has 0 atom stereocenters. The smallest absolute Gasteiger partial charge is 0.264 e. The maximum absolute atomic E-state index is 13.3. The molecule has 0 spiro atoms. The first kappa shape index (κ1) is 24.3. The molecule has 6 nitrogen and oxygen atoms in total. The Labute approximate surface area is 209 Å². The van der Waals surface area contributed by atoms with E-state index in [0.717, 1.165) is 39.0 Å². The summed E-state index contributed by atoms with van der Waals surface area (Å²) in [6, 6.07) is 16.2. The van der Waals surface area contributed by atoms with Gasteiger partial charge >= 0.3 is 0 Å². The Bertz CT molecular complexity index is 1350. The summed E-state index contributed by atoms with van der Waals surface area (Å²) in [7, 11) is -3.68. The summed E-state index contributed by atoms with van der Waals surface area (Å²) in [5, 5.41) is 2.94. The second-order valence-corrected chi connectivity index (χ2v) is 11.1. The van der Waals surface area contributed by atoms with Crippen LogP contribution in [0.15, 0.2) is 64.0 Å². The first-order valence-corrected chi connectivity index (χ1v) is 13.4. The van der Waals surface area contributed by atoms with Gasteiger partial charge in [-0.2, -0.15) is 0 Å². The molecule has 0 saturated heterocycles. The summed E-state index contributed by atoms with van der Waals surface area (Å²) in [5.74, 6) is 0.198. The number of para-hydroxylation sites is 1. The number of nitrogens with one attached hydrogen (secondary N) is 1. The molecule has 0 bridgehead atoms. The first-order valence-electron chi connectivity index (χ1n) is 11.1. The average Bonchev–Trinajstić information content (AvgIpc) is 3.25. The lowest BCUT2D eigenvalue weighted by Crippen LogP contribution is -2.29. The Morgan fingerprint density at radius 1 is 1.09 bits per heavy atom. The van der Waals surface area contributed by atoms with Gasteiger partial charge in [-0.15, -0.1) is 0 Å². The van der Waals surface area contributed by atoms with E-state index in [1.54, 1.807) is 19.1 Å². The van der Waals surface area contributed by atoms with Crippen LogP contribution in [0, 0.1) is 13.8 Å². The predicted molar refractivity (Wildman–Crippen MR) is 138 cm³/mol. The highest BCUT2D eigenvalue weighted by Gasteiger charge is 2.30. The van der Waals surface area contributed by atoms with Crippen molar-refractivity contribution < 1.29 is 17.9 Å². The van der Waals surface area contributed by atoms with Crippen LogP contribution in [0.4, 0.5) is 11.4 Å². The molecule has 3 aromatic rings. The lowest BCUT2D eigenvalue weighted by molar-refractivity contribution is -0.118. The van der Waals surface area contributed by atoms with Crippen molar-refractivity contribution in [2.75, 3.05) is 22.8 Å². The van der Waals surface area contributed by atoms with Gasteiger partial charge in [-0.1, -0.05) is 41.1 Å². The number of aryl methyl sites for hydroxylation is 3. The van der Waals surface area contributed by atoms with E-state index in [4.69, 9.17) is 4.74 Å². The van der Waals surface area contributed by atoms with Gasteiger partial charge in [0.1, 0.15) is 5.75 Å². The van der Waals surface area contributed by atoms with Gasteiger partial charge in [0.25, 0.3) is 15.9 Å². The number of carbonyl (C=O) groups is 1. The molecular weight excluding hydrogens is 516 g/mol. The summed E-state index contributed by atoms with van der Waals surface area (Å²) < 4.78 is 34.7. The zero-order chi connectivity index (χ0) is 24.5. The number of halogens is 1. The topological polar surface area (TPSA) is 75.7 Å². The van der Waals surface area contributed by atoms with Crippen LogP contribution in [-0.4, -0.2) is 27.5 Å². The number of hydrogen-bond acceptors (Lipinski definition) is 4. The van der Waals surface area contributed by atoms with Gasteiger partial charge in [-0.05, 0) is 85.3 Å². The van der Waals surface area contributed by atoms with Gasteiger partial charge in [0.15, 0.2) is 6.61 Å². The summed E-state index contributed by atoms with van der Waals surface area (Å²) in [4.78, 5) is 12.8. The van der Waals surface area contributed by atoms with Gasteiger partial charge in [-0.25, -0.2) is 8.42 Å². The number of amides is 1. The number of anilines is 2. The molecule has 0 fully saturated rings. The summed E-state index contributed by atoms with van der Waals surface area (Å²) in [5.41, 5.74) is 5.20. The SMILES string of the molecule is CCc1cc(Br)cc(C)c1NC(=O)COc1ccc(S(=O)(=O)N2CCc3ccccc32)cc1C. The number of fused-ring (bicyclic) bond motifs is 1. The van der Waals surface area contributed by atoms with Gasteiger partial charge < -0.3 is 10.1 Å². The van der Waals surface area contributed by atoms with E-state index >= 15 is 0 Å². The van der Waals surface area contributed by atoms with Crippen molar-refractivity contribution in [2.24, 2.45) is 0 Å². The normalized spacial score (nSPS) is 13.0. The van der Waals surface area contributed by atoms with E-state index < -0.39 is 10.0 Å². The molecule has 1 aliphatic rings. The minimum Gasteiger partial charge on any atom is -0.483 e. The van der Waals surface area contributed by atoms with Crippen LogP contribution < -0.4 is 14.4 Å². The standard InChI is InChI=1S/C26H27BrN2O4S/c1-4-19-15-21(27)13-18(3)26(19)28-25(30)16-33-24-10-9-22(14-17(24)2)34(31,32)29-12-11-20-7-5-6-8-23(20)29/h5-10,13-15H,4,11-12,16H2,1-3H3,(H,28,30). The highest BCUT2D eigenvalue weighted by atomic mass is 79.9. The number of rotatable bonds is 7. The van der Waals surface area contributed by atoms with E-state index in [9.17, 15) is 13.2 Å². The molecule has 0 aromatic heterocycles. The quantitative estimate of drug-likeness (QED) is 0.433. The van der Waals surface area contributed by atoms with Crippen molar-refractivity contribution in [3.05, 3.63) is 81.3 Å². The molecule has 178 valence electrons. The van der Waals surface area contributed by atoms with Crippen molar-refractivity contribution in [2.45, 2.75) is 38.5 Å². The van der Waals surface area contributed by atoms with Crippen molar-refractivity contribution in [3.63, 3.8) is 0 Å². The molecule has 0 unspecified atom stereocenters. The Balaban J connectivity index is 1.46. The average molecular weight is 543 g/mol. The fourth-order valence-electron chi connectivity index (χ4n) is 4.22. The number of sulfonamides is 1. The maximum atomic E-state index is 13.3. The van der Waals surface area contributed by atoms with Gasteiger partial charge in [0.2, 0.25) is 0 Å². The van der Waals surface area contributed by atoms with Crippen LogP contribution >= 0.6 is 15.9 Å². The number of ether oxygens (including phenoxy) is 1. The fraction of sp³-hybridized carbons (Fsp3) is 0.269. The minimum atomic E-state index is -3.68. The number of hydrogen-bond donors (Lipinski definition) is 1. The highest BCUT2D eigenvalue weighted by molar-refractivity contribution is 9.10. The molecule has 1 N–H and O–H groups in total. The van der Waals surface area contributed by atoms with Gasteiger partial charge in [0.05, 0.1) is 10.6 Å². The van der Waals surface area contributed by atoms with Crippen LogP contribution in [0.5, 0.6) is 5.75 Å². The molecule has 8 heteroatoms. The summed E-state index contributed by atoms with van der Waals surface area (Å²) >= 11 is 3.49. The minimum absolute atomic E-state index is 0.176. The molecule has 34 heavy (non-hydrogen) atoms. The largest absolute Gasteiger partial charge is 0.483 e. The number of nitrogens with zero attached hydrogens (tertiary/aromatic N) is 1. The Morgan fingerprint density at radius 3 is 2.59 bits per heavy atom. The predicted octanol–water partition coefficient (Wildman–Crippen LogP) is 5.40. The third kappa shape index (κ3) is 4.83. The molecule has 1 amide bonds. The van der Waals surface area contributed by atoms with Crippen molar-refractivity contribution in [1.29, 1.82) is 0 Å². The highest BCUT2D eigenvalue weighted by Crippen LogP contribution is 2.34. The Morgan fingerprint density at radius 2 is 1.85 bits per heavy atom. The lowest BCUT2D eigenvalue weighted by atomic mass is 10.1. The Hall–Kier alpha value is -2.84. The molecule has 0 saturated carbocycles. The van der Waals surface area contributed by atoms with E-state index in [2.05, 4.69) is 21.2 Å². The first-order chi connectivity index (χ1) is 16.2. The third-order valence-corrected chi connectivity index (χ3v) is 8.23. The molecule has 1 heterocycles. The monoisotopic (exact) mass is 542 g/mol. The number of benzene rings is 3. The maximum Gasteiger partial charge on any atom is 0.264 e. The molecule has 4 rings (SSSR count). The third-order valence-electron chi connectivity index (χ3n) is 5.96. The van der Waals surface area contributed by atoms with E-state index in [-0.39, 0.29) is 17.4 Å². The number of carbonyl (C=O) groups excluding carboxylic acids is 1. The zero-order valence-electron chi connectivity index (χ0n) is 19.4. The van der Waals surface area contributed by atoms with E-state index in [0.29, 0.717) is 24.3 Å². The van der Waals surface area contributed by atoms with Crippen LogP contribution in [0.25, 0.3) is 0 Å². The summed E-state index contributed by atoms with van der Waals surface area (Å²) in [6.07, 6.45) is 1.48. The van der Waals surface area contributed by atoms with E-state index in [1.165, 1.54) is 10.4 Å². The zero-order valence-corrected chi connectivity index (χ0v) is 21.8. The fourth-order valence-corrected chi connectivity index (χ4v) is 6.43. The molecule has 3 aromatic carbocycles. The van der Waals surface area contributed by atoms with Crippen molar-refractivity contribution in [3.8, 4) is 5.75 Å². The second-order valence-electron chi connectivity index (χ2n) is 8.33. The van der Waals surface area contributed by atoms with Crippen LogP contribution in [0.1, 0.15) is 29.2 Å². The molecular formula is C26H27BrN2O4S. The van der Waals surface area contributed by atoms with Crippen LogP contribution in [0.3, 0.4) is 0 Å². The van der Waals surface area contributed by atoms with Crippen molar-refractivity contribution in [1.82, 2.24) is 0 Å².